The van der Waals surface area contributed by atoms with Crippen molar-refractivity contribution in [1.82, 2.24) is 14.9 Å². The van der Waals surface area contributed by atoms with E-state index in [1.807, 2.05) is 0 Å². The Kier molecular flexibility index (Phi) is 5.61. The maximum absolute atomic E-state index is 12.8. The highest BCUT2D eigenvalue weighted by molar-refractivity contribution is 5.94. The third kappa shape index (κ3) is 4.35. The van der Waals surface area contributed by atoms with Crippen LogP contribution in [0.1, 0.15) is 34.3 Å². The molecular weight excluding hydrogens is 413 g/mol. The lowest BCUT2D eigenvalue weighted by Crippen LogP contribution is -2.47. The van der Waals surface area contributed by atoms with E-state index in [9.17, 15) is 23.1 Å². The molecule has 7 nitrogen and oxygen atoms in total. The first-order valence-electron chi connectivity index (χ1n) is 9.99. The zero-order valence-electron chi connectivity index (χ0n) is 17.0. The van der Waals surface area contributed by atoms with Crippen LogP contribution in [0.25, 0.3) is 0 Å². The van der Waals surface area contributed by atoms with Crippen LogP contribution in [0.5, 0.6) is 0 Å². The van der Waals surface area contributed by atoms with E-state index in [1.165, 1.54) is 0 Å². The summed E-state index contributed by atoms with van der Waals surface area (Å²) in [5.41, 5.74) is -0.573. The van der Waals surface area contributed by atoms with Crippen molar-refractivity contribution in [2.24, 2.45) is 0 Å². The van der Waals surface area contributed by atoms with Gasteiger partial charge in [-0.25, -0.2) is 9.97 Å². The Morgan fingerprint density at radius 2 is 1.74 bits per heavy atom. The average Bonchev–Trinajstić information content (AvgIpc) is 2.76. The second-order valence-electron chi connectivity index (χ2n) is 8.01. The molecule has 1 aromatic heterocycles. The maximum Gasteiger partial charge on any atom is 0.419 e. The van der Waals surface area contributed by atoms with Crippen LogP contribution in [0, 0.1) is 0 Å². The Hall–Kier alpha value is -2.72. The van der Waals surface area contributed by atoms with Crippen molar-refractivity contribution < 1.29 is 27.8 Å². The third-order valence-corrected chi connectivity index (χ3v) is 5.93. The minimum absolute atomic E-state index is 0.0241. The number of alkyl halides is 3. The number of likely N-dealkylation sites (tertiary alicyclic amines) is 1. The fraction of sp³-hybridized carbons (Fsp3) is 0.476. The summed E-state index contributed by atoms with van der Waals surface area (Å²) in [5, 5.41) is 10.3. The van der Waals surface area contributed by atoms with E-state index >= 15 is 0 Å². The van der Waals surface area contributed by atoms with Crippen LogP contribution in [0.4, 0.5) is 19.1 Å². The number of hydrogen-bond acceptors (Lipinski definition) is 6. The van der Waals surface area contributed by atoms with Gasteiger partial charge in [-0.15, -0.1) is 0 Å². The van der Waals surface area contributed by atoms with Crippen LogP contribution in [-0.2, 0) is 16.5 Å². The molecule has 0 aliphatic carbocycles. The lowest BCUT2D eigenvalue weighted by Gasteiger charge is -2.37. The summed E-state index contributed by atoms with van der Waals surface area (Å²) in [4.78, 5) is 24.0. The van der Waals surface area contributed by atoms with Gasteiger partial charge in [0, 0.05) is 44.1 Å². The monoisotopic (exact) mass is 436 g/mol. The molecule has 31 heavy (non-hydrogen) atoms. The van der Waals surface area contributed by atoms with Crippen LogP contribution >= 0.6 is 0 Å². The molecule has 0 spiro atoms. The number of nitrogens with zero attached hydrogens (tertiary/aromatic N) is 4. The van der Waals surface area contributed by atoms with Crippen LogP contribution in [-0.4, -0.2) is 65.3 Å². The highest BCUT2D eigenvalue weighted by Crippen LogP contribution is 2.30. The molecule has 2 aliphatic heterocycles. The standard InChI is InChI=1S/C21H23F3N4O3/c1-27(19-25-10-16(11-26-19)21(22,23)24)17-6-8-28(9-7-17)18(29)14-2-4-15(5-3-14)20(30)12-31-13-20/h2-5,10-11,17,30H,6-9,12-13H2,1H3. The first kappa shape index (κ1) is 21.5. The molecule has 0 unspecified atom stereocenters. The minimum atomic E-state index is -4.47. The lowest BCUT2D eigenvalue weighted by atomic mass is 9.91. The number of piperidine rings is 1. The molecule has 2 fully saturated rings. The number of aromatic nitrogens is 2. The van der Waals surface area contributed by atoms with Crippen molar-refractivity contribution in [1.29, 1.82) is 0 Å². The zero-order valence-corrected chi connectivity index (χ0v) is 17.0. The largest absolute Gasteiger partial charge is 0.419 e. The molecule has 0 bridgehead atoms. The average molecular weight is 436 g/mol. The Morgan fingerprint density at radius 3 is 2.23 bits per heavy atom. The summed E-state index contributed by atoms with van der Waals surface area (Å²) in [7, 11) is 1.75. The van der Waals surface area contributed by atoms with Crippen LogP contribution < -0.4 is 4.90 Å². The molecule has 166 valence electrons. The quantitative estimate of drug-likeness (QED) is 0.794. The van der Waals surface area contributed by atoms with Crippen molar-refractivity contribution in [3.05, 3.63) is 53.3 Å². The summed E-state index contributed by atoms with van der Waals surface area (Å²) in [5.74, 6) is 0.140. The van der Waals surface area contributed by atoms with Gasteiger partial charge in [0.05, 0.1) is 18.8 Å². The summed E-state index contributed by atoms with van der Waals surface area (Å²) in [6.07, 6.45) is -1.59. The van der Waals surface area contributed by atoms with Gasteiger partial charge in [0.15, 0.2) is 0 Å². The number of hydrogen-bond donors (Lipinski definition) is 1. The third-order valence-electron chi connectivity index (χ3n) is 5.93. The molecule has 0 saturated carbocycles. The Morgan fingerprint density at radius 1 is 1.16 bits per heavy atom. The van der Waals surface area contributed by atoms with Crippen LogP contribution in [0.2, 0.25) is 0 Å². The van der Waals surface area contributed by atoms with Gasteiger partial charge in [-0.05, 0) is 30.5 Å². The fourth-order valence-corrected chi connectivity index (χ4v) is 3.84. The van der Waals surface area contributed by atoms with E-state index < -0.39 is 17.3 Å². The molecular formula is C21H23F3N4O3. The number of aliphatic hydroxyl groups is 1. The summed E-state index contributed by atoms with van der Waals surface area (Å²) in [6.45, 7) is 1.55. The molecule has 0 radical (unpaired) electrons. The maximum atomic E-state index is 12.8. The molecule has 1 aromatic carbocycles. The number of carbonyl (C=O) groups excluding carboxylic acids is 1. The number of halogens is 3. The van der Waals surface area contributed by atoms with E-state index in [1.54, 1.807) is 41.1 Å². The second kappa shape index (κ2) is 8.08. The number of benzene rings is 1. The first-order valence-corrected chi connectivity index (χ1v) is 9.99. The van der Waals surface area contributed by atoms with Gasteiger partial charge < -0.3 is 19.6 Å². The summed E-state index contributed by atoms with van der Waals surface area (Å²) in [6, 6.07) is 6.94. The normalized spacial score (nSPS) is 19.1. The topological polar surface area (TPSA) is 78.8 Å². The Balaban J connectivity index is 1.34. The molecule has 1 N–H and O–H groups in total. The van der Waals surface area contributed by atoms with Crippen molar-refractivity contribution in [3.63, 3.8) is 0 Å². The molecule has 3 heterocycles. The smallest absolute Gasteiger partial charge is 0.380 e. The number of anilines is 1. The SMILES string of the molecule is CN(c1ncc(C(F)(F)F)cn1)C1CCN(C(=O)c2ccc(C3(O)COC3)cc2)CC1. The molecule has 2 saturated heterocycles. The second-order valence-corrected chi connectivity index (χ2v) is 8.01. The van der Waals surface area contributed by atoms with E-state index in [2.05, 4.69) is 9.97 Å². The van der Waals surface area contributed by atoms with Gasteiger partial charge in [0.2, 0.25) is 5.95 Å². The molecule has 0 atom stereocenters. The van der Waals surface area contributed by atoms with Gasteiger partial charge in [0.1, 0.15) is 5.60 Å². The van der Waals surface area contributed by atoms with Gasteiger partial charge in [-0.1, -0.05) is 12.1 Å². The van der Waals surface area contributed by atoms with E-state index in [0.717, 1.165) is 18.0 Å². The highest BCUT2D eigenvalue weighted by atomic mass is 19.4. The van der Waals surface area contributed by atoms with E-state index in [0.29, 0.717) is 31.5 Å². The van der Waals surface area contributed by atoms with Gasteiger partial charge >= 0.3 is 6.18 Å². The number of carbonyl (C=O) groups is 1. The predicted octanol–water partition coefficient (Wildman–Crippen LogP) is 2.45. The Bertz CT molecular complexity index is 922. The Labute approximate surface area is 177 Å². The number of amides is 1. The molecule has 2 aromatic rings. The number of rotatable bonds is 4. The molecule has 10 heteroatoms. The van der Waals surface area contributed by atoms with Gasteiger partial charge in [-0.2, -0.15) is 13.2 Å². The van der Waals surface area contributed by atoms with Crippen molar-refractivity contribution in [2.45, 2.75) is 30.7 Å². The first-order chi connectivity index (χ1) is 14.7. The van der Waals surface area contributed by atoms with Crippen molar-refractivity contribution >= 4 is 11.9 Å². The highest BCUT2D eigenvalue weighted by Gasteiger charge is 2.38. The van der Waals surface area contributed by atoms with Crippen LogP contribution in [0.15, 0.2) is 36.7 Å². The van der Waals surface area contributed by atoms with Crippen molar-refractivity contribution in [2.75, 3.05) is 38.3 Å². The molecule has 4 rings (SSSR count). The zero-order chi connectivity index (χ0) is 22.2. The minimum Gasteiger partial charge on any atom is -0.380 e. The molecule has 2 aliphatic rings. The summed E-state index contributed by atoms with van der Waals surface area (Å²) < 4.78 is 43.1. The van der Waals surface area contributed by atoms with E-state index in [4.69, 9.17) is 4.74 Å². The van der Waals surface area contributed by atoms with E-state index in [-0.39, 0.29) is 31.1 Å². The van der Waals surface area contributed by atoms with Crippen LogP contribution in [0.3, 0.4) is 0 Å². The lowest BCUT2D eigenvalue weighted by molar-refractivity contribution is -0.184. The van der Waals surface area contributed by atoms with Gasteiger partial charge in [-0.3, -0.25) is 4.79 Å². The molecule has 1 amide bonds. The van der Waals surface area contributed by atoms with Gasteiger partial charge in [0.25, 0.3) is 5.91 Å². The predicted molar refractivity (Wildman–Crippen MR) is 106 cm³/mol. The fourth-order valence-electron chi connectivity index (χ4n) is 3.84. The summed E-state index contributed by atoms with van der Waals surface area (Å²) >= 11 is 0. The number of ether oxygens (including phenoxy) is 1. The van der Waals surface area contributed by atoms with Crippen molar-refractivity contribution in [3.8, 4) is 0 Å².